The van der Waals surface area contributed by atoms with Crippen molar-refractivity contribution < 1.29 is 29.4 Å². The van der Waals surface area contributed by atoms with Gasteiger partial charge in [-0.1, -0.05) is 0 Å². The molecule has 2 aliphatic rings. The summed E-state index contributed by atoms with van der Waals surface area (Å²) in [6.45, 7) is 0. The first-order valence-corrected chi connectivity index (χ1v) is 9.60. The number of nitrogens with two attached hydrogens (primary N) is 1. The van der Waals surface area contributed by atoms with Crippen LogP contribution in [-0.2, 0) is 19.2 Å². The lowest BCUT2D eigenvalue weighted by molar-refractivity contribution is -0.149. The third-order valence-corrected chi connectivity index (χ3v) is 5.95. The van der Waals surface area contributed by atoms with Gasteiger partial charge in [0.2, 0.25) is 11.8 Å². The second-order valence-electron chi connectivity index (χ2n) is 5.52. The zero-order valence-corrected chi connectivity index (χ0v) is 14.4. The number of amides is 2. The lowest BCUT2D eigenvalue weighted by Gasteiger charge is -2.25. The highest BCUT2D eigenvalue weighted by Crippen LogP contribution is 2.24. The van der Waals surface area contributed by atoms with Crippen LogP contribution in [0.15, 0.2) is 0 Å². The van der Waals surface area contributed by atoms with Crippen molar-refractivity contribution in [2.24, 2.45) is 5.73 Å². The highest BCUT2D eigenvalue weighted by Gasteiger charge is 2.38. The van der Waals surface area contributed by atoms with Gasteiger partial charge < -0.3 is 25.7 Å². The van der Waals surface area contributed by atoms with Gasteiger partial charge in [0.05, 0.1) is 17.8 Å². The molecule has 2 saturated heterocycles. The second-order valence-corrected chi connectivity index (χ2v) is 7.52. The van der Waals surface area contributed by atoms with Crippen LogP contribution in [0.25, 0.3) is 0 Å². The molecule has 0 aromatic carbocycles. The summed E-state index contributed by atoms with van der Waals surface area (Å²) < 4.78 is 0. The van der Waals surface area contributed by atoms with E-state index in [1.807, 2.05) is 0 Å². The molecule has 3 atom stereocenters. The molecule has 2 aliphatic heterocycles. The van der Waals surface area contributed by atoms with Gasteiger partial charge in [-0.15, -0.1) is 23.5 Å². The monoisotopic (exact) mass is 377 g/mol. The molecule has 2 heterocycles. The van der Waals surface area contributed by atoms with Crippen LogP contribution in [0.4, 0.5) is 0 Å². The SMILES string of the molecule is N[C@@H](CCC(=O)N1CSC[C@H]1C(=O)O)C(=O)N1CSC[C@H]1C(=O)O. The highest BCUT2D eigenvalue weighted by atomic mass is 32.2. The topological polar surface area (TPSA) is 141 Å². The Bertz CT molecular complexity index is 546. The van der Waals surface area contributed by atoms with Crippen LogP contribution in [0.2, 0.25) is 0 Å². The molecule has 0 bridgehead atoms. The number of carbonyl (C=O) groups is 4. The van der Waals surface area contributed by atoms with Gasteiger partial charge in [0.25, 0.3) is 0 Å². The lowest BCUT2D eigenvalue weighted by Crippen LogP contribution is -2.49. The summed E-state index contributed by atoms with van der Waals surface area (Å²) in [7, 11) is 0. The molecule has 0 aliphatic carbocycles. The number of hydrogen-bond donors (Lipinski definition) is 3. The molecule has 24 heavy (non-hydrogen) atoms. The summed E-state index contributed by atoms with van der Waals surface area (Å²) in [5.74, 6) is -1.74. The van der Waals surface area contributed by atoms with Gasteiger partial charge in [0, 0.05) is 17.9 Å². The quantitative estimate of drug-likeness (QED) is 0.535. The normalized spacial score (nSPS) is 24.9. The van der Waals surface area contributed by atoms with Crippen molar-refractivity contribution in [3.05, 3.63) is 0 Å². The van der Waals surface area contributed by atoms with Crippen LogP contribution < -0.4 is 5.73 Å². The van der Waals surface area contributed by atoms with E-state index >= 15 is 0 Å². The molecule has 2 rings (SSSR count). The third-order valence-electron chi connectivity index (χ3n) is 3.92. The highest BCUT2D eigenvalue weighted by molar-refractivity contribution is 7.99. The van der Waals surface area contributed by atoms with Crippen molar-refractivity contribution in [3.63, 3.8) is 0 Å². The lowest BCUT2D eigenvalue weighted by atomic mass is 10.1. The van der Waals surface area contributed by atoms with Gasteiger partial charge in [-0.3, -0.25) is 9.59 Å². The van der Waals surface area contributed by atoms with E-state index in [1.54, 1.807) is 0 Å². The minimum atomic E-state index is -1.07. The summed E-state index contributed by atoms with van der Waals surface area (Å²) in [6.07, 6.45) is 0.00858. The number of nitrogens with zero attached hydrogens (tertiary/aromatic N) is 2. The second kappa shape index (κ2) is 8.08. The molecule has 0 spiro atoms. The Labute approximate surface area is 146 Å². The van der Waals surface area contributed by atoms with Gasteiger partial charge in [-0.25, -0.2) is 9.59 Å². The van der Waals surface area contributed by atoms with Crippen molar-refractivity contribution in [3.8, 4) is 0 Å². The van der Waals surface area contributed by atoms with Crippen LogP contribution in [0, 0.1) is 0 Å². The van der Waals surface area contributed by atoms with Crippen LogP contribution in [0.5, 0.6) is 0 Å². The molecule has 4 N–H and O–H groups in total. The molecule has 0 aromatic heterocycles. The minimum Gasteiger partial charge on any atom is -0.480 e. The predicted molar refractivity (Wildman–Crippen MR) is 88.4 cm³/mol. The molecule has 0 aromatic rings. The van der Waals surface area contributed by atoms with E-state index < -0.39 is 36.0 Å². The maximum Gasteiger partial charge on any atom is 0.327 e. The van der Waals surface area contributed by atoms with Crippen molar-refractivity contribution in [2.75, 3.05) is 23.3 Å². The van der Waals surface area contributed by atoms with Gasteiger partial charge in [0.15, 0.2) is 0 Å². The van der Waals surface area contributed by atoms with Gasteiger partial charge >= 0.3 is 11.9 Å². The maximum atomic E-state index is 12.3. The van der Waals surface area contributed by atoms with Gasteiger partial charge in [-0.05, 0) is 6.42 Å². The average Bonchev–Trinajstić information content (AvgIpc) is 3.19. The first-order valence-electron chi connectivity index (χ1n) is 7.29. The van der Waals surface area contributed by atoms with Gasteiger partial charge in [0.1, 0.15) is 12.1 Å². The van der Waals surface area contributed by atoms with E-state index in [2.05, 4.69) is 0 Å². The number of carbonyl (C=O) groups excluding carboxylic acids is 2. The Morgan fingerprint density at radius 1 is 1.00 bits per heavy atom. The molecule has 0 unspecified atom stereocenters. The molecule has 0 radical (unpaired) electrons. The van der Waals surface area contributed by atoms with E-state index in [1.165, 1.54) is 33.3 Å². The van der Waals surface area contributed by atoms with E-state index in [9.17, 15) is 19.2 Å². The van der Waals surface area contributed by atoms with E-state index in [0.717, 1.165) is 0 Å². The maximum absolute atomic E-state index is 12.3. The fraction of sp³-hybridized carbons (Fsp3) is 0.692. The Hall–Kier alpha value is -1.46. The summed E-state index contributed by atoms with van der Waals surface area (Å²) in [5.41, 5.74) is 5.82. The number of hydrogen-bond acceptors (Lipinski definition) is 7. The molecular formula is C13H19N3O6S2. The molecular weight excluding hydrogens is 358 g/mol. The van der Waals surface area contributed by atoms with Crippen molar-refractivity contribution >= 4 is 47.3 Å². The van der Waals surface area contributed by atoms with Crippen molar-refractivity contribution in [1.29, 1.82) is 0 Å². The average molecular weight is 377 g/mol. The summed E-state index contributed by atoms with van der Waals surface area (Å²) in [5, 5.41) is 18.2. The first-order chi connectivity index (χ1) is 11.3. The number of rotatable bonds is 6. The number of carboxylic acid groups (broad SMARTS) is 2. The predicted octanol–water partition coefficient (Wildman–Crippen LogP) is -0.934. The van der Waals surface area contributed by atoms with Crippen molar-refractivity contribution in [1.82, 2.24) is 9.80 Å². The van der Waals surface area contributed by atoms with Crippen LogP contribution in [0.1, 0.15) is 12.8 Å². The minimum absolute atomic E-state index is 0.0457. The fourth-order valence-corrected chi connectivity index (χ4v) is 4.84. The molecule has 11 heteroatoms. The molecule has 2 amide bonds. The number of thioether (sulfide) groups is 2. The summed E-state index contributed by atoms with van der Waals surface area (Å²) in [6, 6.07) is -2.72. The van der Waals surface area contributed by atoms with E-state index in [4.69, 9.17) is 15.9 Å². The Morgan fingerprint density at radius 3 is 2.04 bits per heavy atom. The summed E-state index contributed by atoms with van der Waals surface area (Å²) in [4.78, 5) is 49.1. The zero-order chi connectivity index (χ0) is 17.9. The van der Waals surface area contributed by atoms with Crippen LogP contribution in [0.3, 0.4) is 0 Å². The van der Waals surface area contributed by atoms with E-state index in [0.29, 0.717) is 17.4 Å². The largest absolute Gasteiger partial charge is 0.480 e. The fourth-order valence-electron chi connectivity index (χ4n) is 2.52. The smallest absolute Gasteiger partial charge is 0.327 e. The van der Waals surface area contributed by atoms with Crippen molar-refractivity contribution in [2.45, 2.75) is 31.0 Å². The standard InChI is InChI=1S/C13H19N3O6S2/c14-7(11(18)16-6-24-4-9(16)13(21)22)1-2-10(17)15-5-23-3-8(15)12(19)20/h7-9H,1-6,14H2,(H,19,20)(H,21,22)/t7-,8-,9-/m0/s1. The Balaban J connectivity index is 1.87. The third kappa shape index (κ3) is 4.14. The Morgan fingerprint density at radius 2 is 1.50 bits per heavy atom. The van der Waals surface area contributed by atoms with Crippen LogP contribution >= 0.6 is 23.5 Å². The van der Waals surface area contributed by atoms with Crippen LogP contribution in [-0.4, -0.2) is 85.2 Å². The van der Waals surface area contributed by atoms with Gasteiger partial charge in [-0.2, -0.15) is 0 Å². The zero-order valence-electron chi connectivity index (χ0n) is 12.8. The molecule has 2 fully saturated rings. The Kier molecular flexibility index (Phi) is 6.35. The first kappa shape index (κ1) is 18.9. The summed E-state index contributed by atoms with van der Waals surface area (Å²) >= 11 is 2.70. The number of carboxylic acids is 2. The number of aliphatic carboxylic acids is 2. The molecule has 9 nitrogen and oxygen atoms in total. The van der Waals surface area contributed by atoms with E-state index in [-0.39, 0.29) is 24.6 Å². The molecule has 0 saturated carbocycles. The molecule has 134 valence electrons.